The molecule has 0 radical (unpaired) electrons. The van der Waals surface area contributed by atoms with E-state index in [2.05, 4.69) is 0 Å². The van der Waals surface area contributed by atoms with Gasteiger partial charge in [0.15, 0.2) is 0 Å². The Balaban J connectivity index is 1.42. The molecular formula is C28H32O8S. The molecule has 0 aliphatic carbocycles. The average molecular weight is 529 g/mol. The summed E-state index contributed by atoms with van der Waals surface area (Å²) in [6, 6.07) is 21.6. The highest BCUT2D eigenvalue weighted by Crippen LogP contribution is 2.36. The van der Waals surface area contributed by atoms with Crippen LogP contribution in [-0.2, 0) is 27.4 Å². The highest BCUT2D eigenvalue weighted by atomic mass is 32.2. The molecule has 3 N–H and O–H groups in total. The summed E-state index contributed by atoms with van der Waals surface area (Å²) < 4.78 is 28.5. The second kappa shape index (κ2) is 13.1. The minimum absolute atomic E-state index is 0.0854. The average Bonchev–Trinajstić information content (AvgIpc) is 2.93. The van der Waals surface area contributed by atoms with Crippen molar-refractivity contribution in [3.05, 3.63) is 83.9 Å². The van der Waals surface area contributed by atoms with Gasteiger partial charge in [0.2, 0.25) is 0 Å². The van der Waals surface area contributed by atoms with Crippen molar-refractivity contribution < 1.29 is 39.0 Å². The van der Waals surface area contributed by atoms with Crippen LogP contribution in [0.4, 0.5) is 0 Å². The molecular weight excluding hydrogens is 496 g/mol. The van der Waals surface area contributed by atoms with Crippen LogP contribution >= 0.6 is 11.8 Å². The molecule has 0 spiro atoms. The molecule has 0 amide bonds. The van der Waals surface area contributed by atoms with E-state index in [0.29, 0.717) is 6.61 Å². The van der Waals surface area contributed by atoms with E-state index in [0.717, 1.165) is 27.5 Å². The molecule has 4 rings (SSSR count). The molecule has 8 nitrogen and oxygen atoms in total. The zero-order valence-electron chi connectivity index (χ0n) is 20.7. The number of aromatic hydroxyl groups is 1. The van der Waals surface area contributed by atoms with Gasteiger partial charge in [0, 0.05) is 4.90 Å². The molecule has 1 fully saturated rings. The van der Waals surface area contributed by atoms with Crippen molar-refractivity contribution in [1.29, 1.82) is 0 Å². The van der Waals surface area contributed by atoms with Gasteiger partial charge in [-0.3, -0.25) is 0 Å². The fraction of sp³-hybridized carbons (Fsp3) is 0.357. The second-order valence-electron chi connectivity index (χ2n) is 8.62. The van der Waals surface area contributed by atoms with Crippen molar-refractivity contribution in [1.82, 2.24) is 0 Å². The zero-order chi connectivity index (χ0) is 26.2. The van der Waals surface area contributed by atoms with Crippen LogP contribution in [0.1, 0.15) is 11.1 Å². The molecule has 1 heterocycles. The Hall–Kier alpha value is -2.79. The van der Waals surface area contributed by atoms with Crippen molar-refractivity contribution in [2.75, 3.05) is 20.8 Å². The predicted molar refractivity (Wildman–Crippen MR) is 139 cm³/mol. The summed E-state index contributed by atoms with van der Waals surface area (Å²) in [4.78, 5) is 0.822. The Morgan fingerprint density at radius 3 is 1.89 bits per heavy atom. The standard InChI is InChI=1S/C28H32O8S/c1-32-21-9-3-18(4-10-21)15-34-17-24-25(30)26(31)27(35-16-19-5-11-22(33-2)12-6-19)28(36-24)37-23-13-7-20(29)8-14-23/h3-14,24-31H,15-17H2,1-2H3/t24-,25+,26+,27-,28+/m1/s1. The molecule has 0 aromatic heterocycles. The number of phenols is 1. The summed E-state index contributed by atoms with van der Waals surface area (Å²) in [7, 11) is 3.21. The number of methoxy groups -OCH3 is 2. The van der Waals surface area contributed by atoms with Crippen molar-refractivity contribution in [3.8, 4) is 17.2 Å². The fourth-order valence-corrected chi connectivity index (χ4v) is 5.04. The molecule has 37 heavy (non-hydrogen) atoms. The highest BCUT2D eigenvalue weighted by Gasteiger charge is 2.45. The number of hydrogen-bond donors (Lipinski definition) is 3. The molecule has 3 aromatic rings. The third kappa shape index (κ3) is 7.38. The molecule has 5 atom stereocenters. The van der Waals surface area contributed by atoms with E-state index in [1.54, 1.807) is 38.5 Å². The van der Waals surface area contributed by atoms with Gasteiger partial charge in [-0.15, -0.1) is 0 Å². The van der Waals surface area contributed by atoms with Gasteiger partial charge in [-0.25, -0.2) is 0 Å². The molecule has 1 aliphatic heterocycles. The van der Waals surface area contributed by atoms with Gasteiger partial charge in [-0.2, -0.15) is 0 Å². The number of benzene rings is 3. The number of aliphatic hydroxyl groups is 2. The molecule has 1 aliphatic rings. The van der Waals surface area contributed by atoms with E-state index >= 15 is 0 Å². The van der Waals surface area contributed by atoms with Gasteiger partial charge in [-0.05, 0) is 59.7 Å². The van der Waals surface area contributed by atoms with Crippen LogP contribution in [0.5, 0.6) is 17.2 Å². The van der Waals surface area contributed by atoms with Crippen molar-refractivity contribution in [2.45, 2.75) is 48.0 Å². The van der Waals surface area contributed by atoms with E-state index in [1.807, 2.05) is 48.5 Å². The summed E-state index contributed by atoms with van der Waals surface area (Å²) in [6.45, 7) is 0.620. The summed E-state index contributed by atoms with van der Waals surface area (Å²) >= 11 is 1.35. The van der Waals surface area contributed by atoms with Crippen LogP contribution in [-0.4, -0.2) is 66.0 Å². The van der Waals surface area contributed by atoms with Crippen LogP contribution in [0.15, 0.2) is 77.7 Å². The largest absolute Gasteiger partial charge is 0.508 e. The fourth-order valence-electron chi connectivity index (χ4n) is 3.90. The lowest BCUT2D eigenvalue weighted by molar-refractivity contribution is -0.225. The Labute approximate surface area is 220 Å². The number of thioether (sulfide) groups is 1. The van der Waals surface area contributed by atoms with Gasteiger partial charge < -0.3 is 39.0 Å². The minimum atomic E-state index is -1.20. The third-order valence-electron chi connectivity index (χ3n) is 6.04. The Morgan fingerprint density at radius 1 is 0.757 bits per heavy atom. The lowest BCUT2D eigenvalue weighted by atomic mass is 10.00. The van der Waals surface area contributed by atoms with E-state index < -0.39 is 29.9 Å². The third-order valence-corrected chi connectivity index (χ3v) is 7.20. The Morgan fingerprint density at radius 2 is 1.32 bits per heavy atom. The summed E-state index contributed by atoms with van der Waals surface area (Å²) in [5.41, 5.74) is 1.21. The molecule has 3 aromatic carbocycles. The lowest BCUT2D eigenvalue weighted by Gasteiger charge is -2.42. The first-order valence-corrected chi connectivity index (χ1v) is 12.8. The second-order valence-corrected chi connectivity index (χ2v) is 9.79. The highest BCUT2D eigenvalue weighted by molar-refractivity contribution is 7.99. The van der Waals surface area contributed by atoms with Crippen LogP contribution in [0.25, 0.3) is 0 Å². The number of rotatable bonds is 11. The number of hydrogen-bond acceptors (Lipinski definition) is 9. The first-order valence-electron chi connectivity index (χ1n) is 11.9. The maximum Gasteiger partial charge on any atom is 0.137 e. The summed E-state index contributed by atoms with van der Waals surface area (Å²) in [5, 5.41) is 31.5. The Kier molecular flexibility index (Phi) is 9.68. The summed E-state index contributed by atoms with van der Waals surface area (Å²) in [6.07, 6.45) is -3.97. The quantitative estimate of drug-likeness (QED) is 0.343. The van der Waals surface area contributed by atoms with E-state index in [1.165, 1.54) is 11.8 Å². The minimum Gasteiger partial charge on any atom is -0.508 e. The van der Waals surface area contributed by atoms with E-state index in [9.17, 15) is 15.3 Å². The normalized spacial score (nSPS) is 23.5. The molecule has 0 saturated carbocycles. The molecule has 1 saturated heterocycles. The monoisotopic (exact) mass is 528 g/mol. The van der Waals surface area contributed by atoms with Crippen LogP contribution in [0.2, 0.25) is 0 Å². The van der Waals surface area contributed by atoms with Crippen molar-refractivity contribution in [3.63, 3.8) is 0 Å². The summed E-state index contributed by atoms with van der Waals surface area (Å²) in [5.74, 6) is 1.65. The van der Waals surface area contributed by atoms with Gasteiger partial charge >= 0.3 is 0 Å². The molecule has 0 unspecified atom stereocenters. The zero-order valence-corrected chi connectivity index (χ0v) is 21.5. The molecule has 198 valence electrons. The van der Waals surface area contributed by atoms with E-state index in [-0.39, 0.29) is 19.0 Å². The van der Waals surface area contributed by atoms with Gasteiger partial charge in [0.05, 0.1) is 34.0 Å². The van der Waals surface area contributed by atoms with E-state index in [4.69, 9.17) is 23.7 Å². The first kappa shape index (κ1) is 27.3. The van der Waals surface area contributed by atoms with Crippen LogP contribution < -0.4 is 9.47 Å². The van der Waals surface area contributed by atoms with Crippen molar-refractivity contribution in [2.24, 2.45) is 0 Å². The molecule has 9 heteroatoms. The molecule has 0 bridgehead atoms. The Bertz CT molecular complexity index is 1090. The maximum atomic E-state index is 11.0. The smallest absolute Gasteiger partial charge is 0.137 e. The number of phenolic OH excluding ortho intramolecular Hbond substituents is 1. The maximum absolute atomic E-state index is 11.0. The SMILES string of the molecule is COc1ccc(COC[C@H]2O[C@@H](Sc3ccc(O)cc3)[C@H](OCc3ccc(OC)cc3)[C@@H](O)[C@H]2O)cc1. The van der Waals surface area contributed by atoms with Crippen LogP contribution in [0, 0.1) is 0 Å². The number of ether oxygens (including phenoxy) is 5. The lowest BCUT2D eigenvalue weighted by Crippen LogP contribution is -2.58. The number of aliphatic hydroxyl groups excluding tert-OH is 2. The topological polar surface area (TPSA) is 107 Å². The van der Waals surface area contributed by atoms with Gasteiger partial charge in [0.25, 0.3) is 0 Å². The predicted octanol–water partition coefficient (Wildman–Crippen LogP) is 3.75. The van der Waals surface area contributed by atoms with Crippen molar-refractivity contribution >= 4 is 11.8 Å². The van der Waals surface area contributed by atoms with Gasteiger partial charge in [-0.1, -0.05) is 36.0 Å². The first-order chi connectivity index (χ1) is 18.0. The van der Waals surface area contributed by atoms with Gasteiger partial charge in [0.1, 0.15) is 47.1 Å². The van der Waals surface area contributed by atoms with Crippen LogP contribution in [0.3, 0.4) is 0 Å².